The molecule has 0 bridgehead atoms. The average Bonchev–Trinajstić information content (AvgIpc) is 2.25. The van der Waals surface area contributed by atoms with Crippen LogP contribution in [0, 0.1) is 10.1 Å². The first-order valence-corrected chi connectivity index (χ1v) is 5.00. The number of benzene rings is 1. The number of nitro groups is 1. The topological polar surface area (TPSA) is 80.4 Å². The predicted octanol–water partition coefficient (Wildman–Crippen LogP) is 2.56. The molecule has 5 nitrogen and oxygen atoms in total. The molecule has 0 radical (unpaired) electrons. The quantitative estimate of drug-likeness (QED) is 0.614. The van der Waals surface area contributed by atoms with E-state index in [0.29, 0.717) is 12.0 Å². The van der Waals surface area contributed by atoms with Crippen LogP contribution in [0.5, 0.6) is 0 Å². The molecule has 0 aromatic heterocycles. The maximum Gasteiger partial charge on any atom is 0.303 e. The Hall–Kier alpha value is -1.91. The van der Waals surface area contributed by atoms with Crippen molar-refractivity contribution in [2.45, 2.75) is 25.7 Å². The average molecular weight is 223 g/mol. The predicted molar refractivity (Wildman–Crippen MR) is 58.4 cm³/mol. The van der Waals surface area contributed by atoms with Crippen LogP contribution in [0.15, 0.2) is 24.3 Å². The lowest BCUT2D eigenvalue weighted by Gasteiger charge is -2.12. The maximum atomic E-state index is 10.6. The molecule has 0 aliphatic heterocycles. The van der Waals surface area contributed by atoms with Gasteiger partial charge in [-0.15, -0.1) is 0 Å². The zero-order valence-electron chi connectivity index (χ0n) is 8.92. The zero-order chi connectivity index (χ0) is 12.1. The molecule has 0 amide bonds. The number of non-ortho nitro benzene ring substituents is 1. The van der Waals surface area contributed by atoms with Gasteiger partial charge in [0.2, 0.25) is 0 Å². The molecule has 1 rings (SSSR count). The largest absolute Gasteiger partial charge is 0.481 e. The number of nitrogens with zero attached hydrogens (tertiary/aromatic N) is 1. The summed E-state index contributed by atoms with van der Waals surface area (Å²) in [7, 11) is 0. The van der Waals surface area contributed by atoms with Crippen LogP contribution in [0.25, 0.3) is 0 Å². The monoisotopic (exact) mass is 223 g/mol. The molecule has 0 saturated heterocycles. The lowest BCUT2D eigenvalue weighted by atomic mass is 9.93. The van der Waals surface area contributed by atoms with Crippen molar-refractivity contribution in [3.05, 3.63) is 39.9 Å². The Kier molecular flexibility index (Phi) is 3.99. The first-order chi connectivity index (χ1) is 7.54. The summed E-state index contributed by atoms with van der Waals surface area (Å²) in [4.78, 5) is 20.7. The highest BCUT2D eigenvalue weighted by Crippen LogP contribution is 2.26. The summed E-state index contributed by atoms with van der Waals surface area (Å²) in [5, 5.41) is 19.3. The summed E-state index contributed by atoms with van der Waals surface area (Å²) in [6.07, 6.45) is 0.644. The van der Waals surface area contributed by atoms with Gasteiger partial charge in [0.1, 0.15) is 0 Å². The molecule has 0 saturated carbocycles. The third-order valence-electron chi connectivity index (χ3n) is 2.47. The highest BCUT2D eigenvalue weighted by Gasteiger charge is 2.16. The van der Waals surface area contributed by atoms with Crippen LogP contribution >= 0.6 is 0 Å². The van der Waals surface area contributed by atoms with E-state index in [4.69, 9.17) is 5.11 Å². The van der Waals surface area contributed by atoms with E-state index in [9.17, 15) is 14.9 Å². The summed E-state index contributed by atoms with van der Waals surface area (Å²) in [6.45, 7) is 1.87. The molecular formula is C11H13NO4. The third-order valence-corrected chi connectivity index (χ3v) is 2.47. The Balaban J connectivity index is 2.96. The number of hydrogen-bond donors (Lipinski definition) is 1. The molecule has 0 unspecified atom stereocenters. The minimum Gasteiger partial charge on any atom is -0.481 e. The van der Waals surface area contributed by atoms with Crippen LogP contribution in [0.2, 0.25) is 0 Å². The molecule has 0 aliphatic rings. The highest BCUT2D eigenvalue weighted by atomic mass is 16.6. The van der Waals surface area contributed by atoms with Crippen molar-refractivity contribution in [1.29, 1.82) is 0 Å². The molecule has 0 aliphatic carbocycles. The second-order valence-corrected chi connectivity index (χ2v) is 3.56. The normalized spacial score (nSPS) is 12.1. The van der Waals surface area contributed by atoms with Crippen molar-refractivity contribution in [1.82, 2.24) is 0 Å². The van der Waals surface area contributed by atoms with Gasteiger partial charge in [0.25, 0.3) is 5.69 Å². The Labute approximate surface area is 92.9 Å². The van der Waals surface area contributed by atoms with Crippen molar-refractivity contribution in [2.24, 2.45) is 0 Å². The molecular weight excluding hydrogens is 210 g/mol. The number of carboxylic acids is 1. The Morgan fingerprint density at radius 1 is 1.56 bits per heavy atom. The van der Waals surface area contributed by atoms with Crippen molar-refractivity contribution >= 4 is 11.7 Å². The lowest BCUT2D eigenvalue weighted by molar-refractivity contribution is -0.384. The van der Waals surface area contributed by atoms with E-state index in [-0.39, 0.29) is 18.0 Å². The van der Waals surface area contributed by atoms with Crippen LogP contribution in [-0.2, 0) is 4.79 Å². The van der Waals surface area contributed by atoms with E-state index >= 15 is 0 Å². The molecule has 0 heterocycles. The summed E-state index contributed by atoms with van der Waals surface area (Å²) in [6, 6.07) is 6.15. The fraction of sp³-hybridized carbons (Fsp3) is 0.364. The van der Waals surface area contributed by atoms with Gasteiger partial charge in [-0.25, -0.2) is 0 Å². The molecule has 1 aromatic carbocycles. The number of carbonyl (C=O) groups is 1. The van der Waals surface area contributed by atoms with Crippen molar-refractivity contribution < 1.29 is 14.8 Å². The zero-order valence-corrected chi connectivity index (χ0v) is 8.92. The van der Waals surface area contributed by atoms with Gasteiger partial charge < -0.3 is 5.11 Å². The van der Waals surface area contributed by atoms with Crippen LogP contribution in [0.4, 0.5) is 5.69 Å². The van der Waals surface area contributed by atoms with E-state index in [1.54, 1.807) is 12.1 Å². The number of rotatable bonds is 5. The third kappa shape index (κ3) is 3.05. The Morgan fingerprint density at radius 2 is 2.25 bits per heavy atom. The minimum absolute atomic E-state index is 0.00124. The van der Waals surface area contributed by atoms with E-state index in [1.807, 2.05) is 6.92 Å². The lowest BCUT2D eigenvalue weighted by Crippen LogP contribution is -2.05. The van der Waals surface area contributed by atoms with E-state index < -0.39 is 10.9 Å². The van der Waals surface area contributed by atoms with Crippen molar-refractivity contribution in [2.75, 3.05) is 0 Å². The number of aliphatic carboxylic acids is 1. The molecule has 1 aromatic rings. The number of nitro benzene ring substituents is 1. The number of hydrogen-bond acceptors (Lipinski definition) is 3. The van der Waals surface area contributed by atoms with Gasteiger partial charge in [0, 0.05) is 12.1 Å². The van der Waals surface area contributed by atoms with Crippen LogP contribution in [0.3, 0.4) is 0 Å². The minimum atomic E-state index is -0.890. The van der Waals surface area contributed by atoms with E-state index in [0.717, 1.165) is 0 Å². The molecule has 5 heteroatoms. The van der Waals surface area contributed by atoms with Crippen LogP contribution < -0.4 is 0 Å². The van der Waals surface area contributed by atoms with Gasteiger partial charge >= 0.3 is 5.97 Å². The van der Waals surface area contributed by atoms with Crippen LogP contribution in [0.1, 0.15) is 31.2 Å². The van der Waals surface area contributed by atoms with Crippen LogP contribution in [-0.4, -0.2) is 16.0 Å². The number of carboxylic acid groups (broad SMARTS) is 1. The summed E-state index contributed by atoms with van der Waals surface area (Å²) in [5.74, 6) is -1.06. The van der Waals surface area contributed by atoms with Gasteiger partial charge in [0.15, 0.2) is 0 Å². The molecule has 1 N–H and O–H groups in total. The fourth-order valence-electron chi connectivity index (χ4n) is 1.60. The second-order valence-electron chi connectivity index (χ2n) is 3.56. The van der Waals surface area contributed by atoms with Gasteiger partial charge in [0.05, 0.1) is 11.3 Å². The molecule has 16 heavy (non-hydrogen) atoms. The van der Waals surface area contributed by atoms with E-state index in [2.05, 4.69) is 0 Å². The van der Waals surface area contributed by atoms with E-state index in [1.165, 1.54) is 12.1 Å². The maximum absolute atomic E-state index is 10.6. The molecule has 86 valence electrons. The second kappa shape index (κ2) is 5.25. The van der Waals surface area contributed by atoms with Gasteiger partial charge in [-0.3, -0.25) is 14.9 Å². The first kappa shape index (κ1) is 12.2. The molecule has 0 fully saturated rings. The smallest absolute Gasteiger partial charge is 0.303 e. The van der Waals surface area contributed by atoms with Gasteiger partial charge in [-0.1, -0.05) is 19.1 Å². The Bertz CT molecular complexity index is 403. The van der Waals surface area contributed by atoms with Gasteiger partial charge in [-0.05, 0) is 17.9 Å². The van der Waals surface area contributed by atoms with Crippen molar-refractivity contribution in [3.63, 3.8) is 0 Å². The first-order valence-electron chi connectivity index (χ1n) is 5.00. The standard InChI is InChI=1S/C11H13NO4/c1-2-8(7-11(13)14)9-4-3-5-10(6-9)12(15)16/h3-6,8H,2,7H2,1H3,(H,13,14)/t8-/m1/s1. The van der Waals surface area contributed by atoms with Gasteiger partial charge in [-0.2, -0.15) is 0 Å². The Morgan fingerprint density at radius 3 is 2.75 bits per heavy atom. The fourth-order valence-corrected chi connectivity index (χ4v) is 1.60. The highest BCUT2D eigenvalue weighted by molar-refractivity contribution is 5.68. The summed E-state index contributed by atoms with van der Waals surface area (Å²) in [5.41, 5.74) is 0.709. The summed E-state index contributed by atoms with van der Waals surface area (Å²) >= 11 is 0. The molecule has 0 spiro atoms. The molecule has 1 atom stereocenters. The SMILES string of the molecule is CC[C@H](CC(=O)O)c1cccc([N+](=O)[O-])c1. The summed E-state index contributed by atoms with van der Waals surface area (Å²) < 4.78 is 0. The van der Waals surface area contributed by atoms with Crippen molar-refractivity contribution in [3.8, 4) is 0 Å².